The monoisotopic (exact) mass is 857 g/mol. The first-order valence-electron chi connectivity index (χ1n) is 22.9. The average molecular weight is 857 g/mol. The maximum atomic E-state index is 14.4. The Bertz CT molecular complexity index is 1500. The lowest BCUT2D eigenvalue weighted by Crippen LogP contribution is -2.59. The lowest BCUT2D eigenvalue weighted by Gasteiger charge is -2.41. The van der Waals surface area contributed by atoms with Crippen molar-refractivity contribution in [2.45, 2.75) is 157 Å². The van der Waals surface area contributed by atoms with Gasteiger partial charge in [0.2, 0.25) is 29.5 Å². The highest BCUT2D eigenvalue weighted by atomic mass is 16.5. The van der Waals surface area contributed by atoms with E-state index in [2.05, 4.69) is 36.7 Å². The minimum Gasteiger partial charge on any atom is -0.379 e. The molecule has 13 nitrogen and oxygen atoms in total. The molecule has 1 saturated heterocycles. The Morgan fingerprint density at radius 3 is 1.97 bits per heavy atom. The predicted octanol–water partition coefficient (Wildman–Crippen LogP) is 5.55. The molecular formula is C48H84N6O7. The Hall–Kier alpha value is -3.55. The summed E-state index contributed by atoms with van der Waals surface area (Å²) in [5.41, 5.74) is 0.934. The van der Waals surface area contributed by atoms with Crippen molar-refractivity contribution in [1.29, 1.82) is 0 Å². The van der Waals surface area contributed by atoms with Gasteiger partial charge in [-0.15, -0.1) is 0 Å². The molecule has 1 fully saturated rings. The number of carbonyl (C=O) groups is 5. The van der Waals surface area contributed by atoms with E-state index in [4.69, 9.17) is 9.47 Å². The topological polar surface area (TPSA) is 150 Å². The molecule has 0 saturated carbocycles. The summed E-state index contributed by atoms with van der Waals surface area (Å²) in [5.74, 6) is -0.870. The Morgan fingerprint density at radius 1 is 0.803 bits per heavy atom. The molecule has 0 aromatic heterocycles. The van der Waals surface area contributed by atoms with Gasteiger partial charge in [0.25, 0.3) is 0 Å². The van der Waals surface area contributed by atoms with Crippen molar-refractivity contribution in [2.24, 2.45) is 35.5 Å². The van der Waals surface area contributed by atoms with Gasteiger partial charge in [0.1, 0.15) is 12.1 Å². The zero-order valence-electron chi connectivity index (χ0n) is 40.5. The lowest BCUT2D eigenvalue weighted by molar-refractivity contribution is -0.148. The Labute approximate surface area is 369 Å². The zero-order chi connectivity index (χ0) is 46.1. The second-order valence-corrected chi connectivity index (χ2v) is 18.9. The number of hydrogen-bond donors (Lipinski definition) is 3. The lowest BCUT2D eigenvalue weighted by atomic mass is 9.89. The molecule has 0 spiro atoms. The third-order valence-corrected chi connectivity index (χ3v) is 13.1. The van der Waals surface area contributed by atoms with Gasteiger partial charge in [0.15, 0.2) is 0 Å². The van der Waals surface area contributed by atoms with Crippen LogP contribution in [0.4, 0.5) is 0 Å². The standard InChI is InChI=1S/C48H84N6O7/c1-16-33(8)43(53(13)48(59)41(31(4)5)51-47(58)42(32(6)7)52(11)12)39(60-14)29-40(55)54-27-21-25-38(54)44(61-15)35(10)45(56)50-37(28-36-23-18-17-19-24-36)46(57)49-26-20-22-34(9)30(2)3/h17-19,23-24,30-35,37-39,41-44H,16,20-22,25-29H2,1-15H3,(H,49,57)(H,50,56)(H,51,58)/t33-,34?,35+,37-,38-,39?,41-,42-,43?,44+/m0/s1. The van der Waals surface area contributed by atoms with E-state index in [0.717, 1.165) is 31.2 Å². The van der Waals surface area contributed by atoms with Crippen molar-refractivity contribution >= 4 is 29.5 Å². The Kier molecular flexibility index (Phi) is 23.0. The average Bonchev–Trinajstić information content (AvgIpc) is 3.70. The molecular weight excluding hydrogens is 773 g/mol. The first kappa shape index (κ1) is 53.6. The first-order chi connectivity index (χ1) is 28.7. The molecule has 2 rings (SSSR count). The number of nitrogens with zero attached hydrogens (tertiary/aromatic N) is 3. The van der Waals surface area contributed by atoms with E-state index in [1.165, 1.54) is 0 Å². The van der Waals surface area contributed by atoms with E-state index < -0.39 is 42.3 Å². The highest BCUT2D eigenvalue weighted by Gasteiger charge is 2.43. The fraction of sp³-hybridized carbons (Fsp3) is 0.771. The van der Waals surface area contributed by atoms with E-state index in [9.17, 15) is 24.0 Å². The number of likely N-dealkylation sites (N-methyl/N-ethyl adjacent to an activating group) is 2. The maximum Gasteiger partial charge on any atom is 0.245 e. The molecule has 3 N–H and O–H groups in total. The number of likely N-dealkylation sites (tertiary alicyclic amines) is 1. The second-order valence-electron chi connectivity index (χ2n) is 18.9. The van der Waals surface area contributed by atoms with Crippen LogP contribution in [0.15, 0.2) is 30.3 Å². The van der Waals surface area contributed by atoms with Crippen LogP contribution in [0, 0.1) is 35.5 Å². The summed E-state index contributed by atoms with van der Waals surface area (Å²) in [7, 11) is 8.58. The number of rotatable bonds is 26. The van der Waals surface area contributed by atoms with E-state index >= 15 is 0 Å². The van der Waals surface area contributed by atoms with Gasteiger partial charge in [-0.25, -0.2) is 0 Å². The van der Waals surface area contributed by atoms with Crippen molar-refractivity contribution in [1.82, 2.24) is 30.7 Å². The molecule has 1 aromatic rings. The van der Waals surface area contributed by atoms with Gasteiger partial charge < -0.3 is 35.2 Å². The molecule has 3 unspecified atom stereocenters. The number of nitrogens with one attached hydrogen (secondary N) is 3. The normalized spacial score (nSPS) is 18.9. The third kappa shape index (κ3) is 15.6. The van der Waals surface area contributed by atoms with Crippen LogP contribution < -0.4 is 16.0 Å². The smallest absolute Gasteiger partial charge is 0.245 e. The van der Waals surface area contributed by atoms with Crippen molar-refractivity contribution in [2.75, 3.05) is 48.5 Å². The quantitative estimate of drug-likeness (QED) is 0.103. The summed E-state index contributed by atoms with van der Waals surface area (Å²) in [6, 6.07) is 6.84. The molecule has 5 amide bonds. The molecule has 10 atom stereocenters. The van der Waals surface area contributed by atoms with Crippen LogP contribution in [-0.4, -0.2) is 135 Å². The molecule has 0 radical (unpaired) electrons. The highest BCUT2D eigenvalue weighted by molar-refractivity contribution is 5.90. The second kappa shape index (κ2) is 26.2. The van der Waals surface area contributed by atoms with E-state index in [1.54, 1.807) is 38.0 Å². The fourth-order valence-electron chi connectivity index (χ4n) is 8.87. The van der Waals surface area contributed by atoms with Crippen LogP contribution in [0.2, 0.25) is 0 Å². The molecule has 348 valence electrons. The Morgan fingerprint density at radius 2 is 1.44 bits per heavy atom. The Balaban J connectivity index is 2.28. The van der Waals surface area contributed by atoms with Gasteiger partial charge >= 0.3 is 0 Å². The van der Waals surface area contributed by atoms with E-state index in [1.807, 2.05) is 90.9 Å². The highest BCUT2D eigenvalue weighted by Crippen LogP contribution is 2.30. The number of ether oxygens (including phenoxy) is 2. The summed E-state index contributed by atoms with van der Waals surface area (Å²) in [6.07, 6.45) is 3.06. The first-order valence-corrected chi connectivity index (χ1v) is 22.9. The van der Waals surface area contributed by atoms with Gasteiger partial charge in [0, 0.05) is 40.8 Å². The largest absolute Gasteiger partial charge is 0.379 e. The number of amides is 5. The summed E-state index contributed by atoms with van der Waals surface area (Å²) >= 11 is 0. The number of hydrogen-bond acceptors (Lipinski definition) is 8. The van der Waals surface area contributed by atoms with Gasteiger partial charge in [-0.05, 0) is 74.9 Å². The summed E-state index contributed by atoms with van der Waals surface area (Å²) < 4.78 is 12.1. The summed E-state index contributed by atoms with van der Waals surface area (Å²) in [6.45, 7) is 21.3. The number of benzene rings is 1. The van der Waals surface area contributed by atoms with Gasteiger partial charge in [0.05, 0.1) is 42.7 Å². The van der Waals surface area contributed by atoms with E-state index in [0.29, 0.717) is 37.8 Å². The van der Waals surface area contributed by atoms with Crippen molar-refractivity contribution < 1.29 is 33.4 Å². The van der Waals surface area contributed by atoms with Crippen LogP contribution in [0.25, 0.3) is 0 Å². The van der Waals surface area contributed by atoms with Crippen molar-refractivity contribution in [3.05, 3.63) is 35.9 Å². The molecule has 1 aromatic carbocycles. The molecule has 13 heteroatoms. The van der Waals surface area contributed by atoms with Crippen molar-refractivity contribution in [3.8, 4) is 0 Å². The van der Waals surface area contributed by atoms with Crippen LogP contribution in [0.5, 0.6) is 0 Å². The van der Waals surface area contributed by atoms with Gasteiger partial charge in [-0.1, -0.05) is 106 Å². The third-order valence-electron chi connectivity index (χ3n) is 13.1. The SMILES string of the molecule is CC[C@H](C)C(C(CC(=O)N1CCC[C@H]1[C@H](OC)[C@@H](C)C(=O)N[C@@H](Cc1ccccc1)C(=O)NCCCC(C)C(C)C)OC)N(C)C(=O)[C@@H](NC(=O)[C@H](C(C)C)N(C)C)C(C)C. The maximum absolute atomic E-state index is 14.4. The minimum atomic E-state index is -0.786. The van der Waals surface area contributed by atoms with Crippen LogP contribution in [0.1, 0.15) is 113 Å². The van der Waals surface area contributed by atoms with Crippen LogP contribution in [0.3, 0.4) is 0 Å². The molecule has 1 aliphatic heterocycles. The molecule has 0 aliphatic carbocycles. The fourth-order valence-corrected chi connectivity index (χ4v) is 8.87. The van der Waals surface area contributed by atoms with Crippen LogP contribution >= 0.6 is 0 Å². The van der Waals surface area contributed by atoms with Crippen LogP contribution in [-0.2, 0) is 39.9 Å². The predicted molar refractivity (Wildman–Crippen MR) is 244 cm³/mol. The summed E-state index contributed by atoms with van der Waals surface area (Å²) in [5, 5.41) is 9.15. The van der Waals surface area contributed by atoms with Gasteiger partial charge in [-0.2, -0.15) is 0 Å². The molecule has 0 bridgehead atoms. The summed E-state index contributed by atoms with van der Waals surface area (Å²) in [4.78, 5) is 75.2. The molecule has 1 heterocycles. The zero-order valence-corrected chi connectivity index (χ0v) is 40.5. The number of carbonyl (C=O) groups excluding carboxylic acids is 5. The van der Waals surface area contributed by atoms with Gasteiger partial charge in [-0.3, -0.25) is 28.9 Å². The molecule has 61 heavy (non-hydrogen) atoms. The van der Waals surface area contributed by atoms with Crippen molar-refractivity contribution in [3.63, 3.8) is 0 Å². The molecule has 1 aliphatic rings. The number of methoxy groups -OCH3 is 2. The minimum absolute atomic E-state index is 0.0145. The van der Waals surface area contributed by atoms with E-state index in [-0.39, 0.29) is 59.8 Å².